The first-order chi connectivity index (χ1) is 7.93. The van der Waals surface area contributed by atoms with E-state index in [0.717, 1.165) is 17.8 Å². The Hall–Kier alpha value is -0.820. The molecule has 86 valence electrons. The lowest BCUT2D eigenvalue weighted by Crippen LogP contribution is -2.28. The van der Waals surface area contributed by atoms with Crippen LogP contribution < -0.4 is 5.32 Å². The van der Waals surface area contributed by atoms with E-state index in [1.54, 1.807) is 0 Å². The van der Waals surface area contributed by atoms with Gasteiger partial charge in [0.1, 0.15) is 0 Å². The van der Waals surface area contributed by atoms with E-state index in [0.29, 0.717) is 0 Å². The molecule has 1 heteroatoms. The number of benzene rings is 1. The number of rotatable bonds is 2. The molecule has 1 nitrogen and oxygen atoms in total. The molecule has 2 aliphatic rings. The highest BCUT2D eigenvalue weighted by molar-refractivity contribution is 5.15. The summed E-state index contributed by atoms with van der Waals surface area (Å²) >= 11 is 0. The van der Waals surface area contributed by atoms with Gasteiger partial charge in [0, 0.05) is 0 Å². The van der Waals surface area contributed by atoms with Gasteiger partial charge in [-0.25, -0.2) is 0 Å². The molecule has 1 aromatic carbocycles. The fourth-order valence-corrected chi connectivity index (χ4v) is 3.65. The summed E-state index contributed by atoms with van der Waals surface area (Å²) < 4.78 is 0. The fraction of sp³-hybridized carbons (Fsp3) is 0.600. The lowest BCUT2D eigenvalue weighted by Gasteiger charge is -2.33. The van der Waals surface area contributed by atoms with E-state index in [4.69, 9.17) is 0 Å². The van der Waals surface area contributed by atoms with Gasteiger partial charge in [-0.2, -0.15) is 0 Å². The smallest absolute Gasteiger partial charge is 0.00145 e. The average Bonchev–Trinajstić information content (AvgIpc) is 2.80. The molecular weight excluding hydrogens is 194 g/mol. The highest BCUT2D eigenvalue weighted by Gasteiger charge is 2.36. The van der Waals surface area contributed by atoms with Gasteiger partial charge >= 0.3 is 0 Å². The molecule has 0 aromatic heterocycles. The summed E-state index contributed by atoms with van der Waals surface area (Å²) in [4.78, 5) is 0. The first-order valence-electron chi connectivity index (χ1n) is 6.68. The van der Waals surface area contributed by atoms with Crippen LogP contribution in [0.4, 0.5) is 0 Å². The Morgan fingerprint density at radius 1 is 1.06 bits per heavy atom. The zero-order valence-corrected chi connectivity index (χ0v) is 9.86. The van der Waals surface area contributed by atoms with E-state index in [9.17, 15) is 0 Å². The van der Waals surface area contributed by atoms with Crippen molar-refractivity contribution in [3.05, 3.63) is 35.9 Å². The maximum atomic E-state index is 3.58. The summed E-state index contributed by atoms with van der Waals surface area (Å²) in [6.45, 7) is 2.54. The lowest BCUT2D eigenvalue weighted by molar-refractivity contribution is 0.198. The zero-order chi connectivity index (χ0) is 10.8. The molecule has 3 rings (SSSR count). The van der Waals surface area contributed by atoms with Gasteiger partial charge in [0.05, 0.1) is 0 Å². The van der Waals surface area contributed by atoms with Gasteiger partial charge in [-0.05, 0) is 55.7 Å². The highest BCUT2D eigenvalue weighted by Crippen LogP contribution is 2.38. The van der Waals surface area contributed by atoms with Gasteiger partial charge in [0.2, 0.25) is 0 Å². The van der Waals surface area contributed by atoms with Crippen molar-refractivity contribution in [3.8, 4) is 0 Å². The average molecular weight is 215 g/mol. The van der Waals surface area contributed by atoms with Crippen molar-refractivity contribution in [2.75, 3.05) is 13.1 Å². The summed E-state index contributed by atoms with van der Waals surface area (Å²) in [6.07, 6.45) is 5.64. The molecule has 3 unspecified atom stereocenters. The predicted molar refractivity (Wildman–Crippen MR) is 67.3 cm³/mol. The Balaban J connectivity index is 1.70. The van der Waals surface area contributed by atoms with Gasteiger partial charge in [-0.15, -0.1) is 0 Å². The third-order valence-corrected chi connectivity index (χ3v) is 4.49. The molecule has 0 spiro atoms. The summed E-state index contributed by atoms with van der Waals surface area (Å²) in [7, 11) is 0. The van der Waals surface area contributed by atoms with Crippen LogP contribution in [-0.4, -0.2) is 13.1 Å². The van der Waals surface area contributed by atoms with Crippen LogP contribution in [0.2, 0.25) is 0 Å². The van der Waals surface area contributed by atoms with E-state index >= 15 is 0 Å². The minimum Gasteiger partial charge on any atom is -0.316 e. The first kappa shape index (κ1) is 10.3. The van der Waals surface area contributed by atoms with Gasteiger partial charge in [0.25, 0.3) is 0 Å². The van der Waals surface area contributed by atoms with Gasteiger partial charge in [0.15, 0.2) is 0 Å². The Bertz CT molecular complexity index is 333. The minimum atomic E-state index is 0.927. The molecule has 3 atom stereocenters. The second-order valence-electron chi connectivity index (χ2n) is 5.46. The van der Waals surface area contributed by atoms with E-state index < -0.39 is 0 Å². The minimum absolute atomic E-state index is 0.927. The molecule has 2 fully saturated rings. The van der Waals surface area contributed by atoms with Crippen molar-refractivity contribution in [1.29, 1.82) is 0 Å². The summed E-state index contributed by atoms with van der Waals surface area (Å²) in [5.41, 5.74) is 1.53. The van der Waals surface area contributed by atoms with E-state index in [2.05, 4.69) is 35.6 Å². The number of nitrogens with one attached hydrogen (secondary N) is 1. The van der Waals surface area contributed by atoms with Crippen molar-refractivity contribution in [2.24, 2.45) is 17.8 Å². The van der Waals surface area contributed by atoms with Crippen LogP contribution in [0, 0.1) is 17.8 Å². The Labute approximate surface area is 98.3 Å². The maximum absolute atomic E-state index is 3.58. The summed E-state index contributed by atoms with van der Waals surface area (Å²) in [5, 5.41) is 3.58. The Morgan fingerprint density at radius 3 is 2.81 bits per heavy atom. The Morgan fingerprint density at radius 2 is 1.94 bits per heavy atom. The van der Waals surface area contributed by atoms with Crippen molar-refractivity contribution in [1.82, 2.24) is 5.32 Å². The highest BCUT2D eigenvalue weighted by atomic mass is 14.9. The fourth-order valence-electron chi connectivity index (χ4n) is 3.65. The van der Waals surface area contributed by atoms with Crippen molar-refractivity contribution in [3.63, 3.8) is 0 Å². The summed E-state index contributed by atoms with van der Waals surface area (Å²) in [5.74, 6) is 2.85. The molecule has 1 N–H and O–H groups in total. The predicted octanol–water partition coefficient (Wildman–Crippen LogP) is 2.86. The molecule has 16 heavy (non-hydrogen) atoms. The summed E-state index contributed by atoms with van der Waals surface area (Å²) in [6, 6.07) is 11.0. The van der Waals surface area contributed by atoms with Crippen LogP contribution in [-0.2, 0) is 6.42 Å². The zero-order valence-electron chi connectivity index (χ0n) is 9.86. The van der Waals surface area contributed by atoms with Crippen LogP contribution in [0.1, 0.15) is 24.8 Å². The van der Waals surface area contributed by atoms with Crippen LogP contribution in [0.15, 0.2) is 30.3 Å². The standard InChI is InChI=1S/C15H21N/c1-2-5-12(6-3-1)9-13-7-4-8-14-10-16-11-15(13)14/h1-3,5-6,13-16H,4,7-11H2. The largest absolute Gasteiger partial charge is 0.316 e. The van der Waals surface area contributed by atoms with Crippen LogP contribution >= 0.6 is 0 Å². The lowest BCUT2D eigenvalue weighted by atomic mass is 9.72. The van der Waals surface area contributed by atoms with Crippen molar-refractivity contribution in [2.45, 2.75) is 25.7 Å². The molecule has 0 bridgehead atoms. The first-order valence-corrected chi connectivity index (χ1v) is 6.68. The van der Waals surface area contributed by atoms with Crippen LogP contribution in [0.25, 0.3) is 0 Å². The molecule has 1 aromatic rings. The molecule has 1 aliphatic heterocycles. The van der Waals surface area contributed by atoms with Crippen LogP contribution in [0.3, 0.4) is 0 Å². The quantitative estimate of drug-likeness (QED) is 0.800. The molecule has 0 amide bonds. The molecule has 1 aliphatic carbocycles. The van der Waals surface area contributed by atoms with Gasteiger partial charge in [-0.3, -0.25) is 0 Å². The SMILES string of the molecule is c1ccc(CC2CCCC3CNCC32)cc1. The normalized spacial score (nSPS) is 33.6. The molecular formula is C15H21N. The molecule has 1 saturated heterocycles. The van der Waals surface area contributed by atoms with E-state index in [1.165, 1.54) is 44.3 Å². The Kier molecular flexibility index (Phi) is 2.96. The van der Waals surface area contributed by atoms with E-state index in [1.807, 2.05) is 0 Å². The second-order valence-corrected chi connectivity index (χ2v) is 5.46. The topological polar surface area (TPSA) is 12.0 Å². The monoisotopic (exact) mass is 215 g/mol. The number of hydrogen-bond donors (Lipinski definition) is 1. The van der Waals surface area contributed by atoms with Crippen LogP contribution in [0.5, 0.6) is 0 Å². The number of hydrogen-bond acceptors (Lipinski definition) is 1. The van der Waals surface area contributed by atoms with Crippen molar-refractivity contribution >= 4 is 0 Å². The van der Waals surface area contributed by atoms with Gasteiger partial charge < -0.3 is 5.32 Å². The van der Waals surface area contributed by atoms with E-state index in [-0.39, 0.29) is 0 Å². The van der Waals surface area contributed by atoms with Crippen molar-refractivity contribution < 1.29 is 0 Å². The maximum Gasteiger partial charge on any atom is -0.00145 e. The molecule has 0 radical (unpaired) electrons. The molecule has 1 heterocycles. The number of fused-ring (bicyclic) bond motifs is 1. The second kappa shape index (κ2) is 4.58. The molecule has 1 saturated carbocycles. The third kappa shape index (κ3) is 2.01. The van der Waals surface area contributed by atoms with Gasteiger partial charge in [-0.1, -0.05) is 36.8 Å². The third-order valence-electron chi connectivity index (χ3n) is 4.49.